The number of fused-ring (bicyclic) bond motifs is 1. The molecule has 4 aromatic rings. The van der Waals surface area contributed by atoms with Gasteiger partial charge >= 0.3 is 5.63 Å². The van der Waals surface area contributed by atoms with Gasteiger partial charge in [0.15, 0.2) is 0 Å². The van der Waals surface area contributed by atoms with E-state index in [9.17, 15) is 13.2 Å². The molecule has 1 aliphatic heterocycles. The number of hydrazone groups is 1. The Morgan fingerprint density at radius 1 is 0.972 bits per heavy atom. The molecule has 2 heterocycles. The van der Waals surface area contributed by atoms with Crippen LogP contribution in [0.3, 0.4) is 0 Å². The lowest BCUT2D eigenvalue weighted by Gasteiger charge is -2.25. The Morgan fingerprint density at radius 2 is 1.72 bits per heavy atom. The van der Waals surface area contributed by atoms with Crippen LogP contribution in [-0.2, 0) is 10.0 Å². The molecule has 7 nitrogen and oxygen atoms in total. The summed E-state index contributed by atoms with van der Waals surface area (Å²) in [5, 5.41) is 8.30. The van der Waals surface area contributed by atoms with Crippen LogP contribution in [0.1, 0.15) is 18.0 Å². The van der Waals surface area contributed by atoms with Crippen LogP contribution < -0.4 is 15.4 Å². The van der Waals surface area contributed by atoms with Crippen molar-refractivity contribution in [3.05, 3.63) is 104 Å². The highest BCUT2D eigenvalue weighted by Gasteiger charge is 2.31. The van der Waals surface area contributed by atoms with Gasteiger partial charge in [-0.15, -0.1) is 0 Å². The molecule has 0 amide bonds. The minimum atomic E-state index is -3.94. The molecule has 0 saturated heterocycles. The second-order valence-corrected chi connectivity index (χ2v) is 11.1. The molecule has 11 heteroatoms. The molecule has 0 fully saturated rings. The first-order chi connectivity index (χ1) is 17.2. The van der Waals surface area contributed by atoms with E-state index >= 15 is 0 Å². The molecule has 1 aliphatic rings. The minimum Gasteiger partial charge on any atom is -0.423 e. The van der Waals surface area contributed by atoms with E-state index in [0.717, 1.165) is 5.56 Å². The molecule has 3 aromatic carbocycles. The number of nitrogens with zero attached hydrogens (tertiary/aromatic N) is 2. The fourth-order valence-corrected chi connectivity index (χ4v) is 5.92. The van der Waals surface area contributed by atoms with Crippen LogP contribution in [0.5, 0.6) is 0 Å². The van der Waals surface area contributed by atoms with Crippen molar-refractivity contribution >= 4 is 67.2 Å². The summed E-state index contributed by atoms with van der Waals surface area (Å²) < 4.78 is 34.1. The van der Waals surface area contributed by atoms with Crippen molar-refractivity contribution < 1.29 is 12.8 Å². The van der Waals surface area contributed by atoms with E-state index in [4.69, 9.17) is 44.3 Å². The highest BCUT2D eigenvalue weighted by atomic mass is 35.5. The van der Waals surface area contributed by atoms with Crippen LogP contribution in [0.15, 0.2) is 92.0 Å². The monoisotopic (exact) mass is 561 g/mol. The van der Waals surface area contributed by atoms with Gasteiger partial charge < -0.3 is 4.42 Å². The molecule has 0 saturated carbocycles. The molecule has 1 unspecified atom stereocenters. The molecular formula is C25H18Cl3N3O4S. The van der Waals surface area contributed by atoms with E-state index in [-0.39, 0.29) is 23.1 Å². The Morgan fingerprint density at radius 3 is 2.47 bits per heavy atom. The first-order valence-electron chi connectivity index (χ1n) is 10.8. The number of sulfonamides is 1. The fraction of sp³-hybridized carbons (Fsp3) is 0.120. The van der Waals surface area contributed by atoms with Crippen LogP contribution in [0.2, 0.25) is 15.1 Å². The third kappa shape index (κ3) is 5.00. The number of anilines is 1. The molecule has 0 bridgehead atoms. The molecule has 1 atom stereocenters. The van der Waals surface area contributed by atoms with E-state index < -0.39 is 15.6 Å². The Hall–Kier alpha value is -2.88. The Kier molecular flexibility index (Phi) is 6.80. The second kappa shape index (κ2) is 9.88. The summed E-state index contributed by atoms with van der Waals surface area (Å²) in [6, 6.07) is 19.4. The summed E-state index contributed by atoms with van der Waals surface area (Å²) in [5.74, 6) is 0. The average Bonchev–Trinajstić information content (AvgIpc) is 3.27. The van der Waals surface area contributed by atoms with Gasteiger partial charge in [-0.25, -0.2) is 17.9 Å². The highest BCUT2D eigenvalue weighted by molar-refractivity contribution is 7.89. The van der Waals surface area contributed by atoms with E-state index in [1.165, 1.54) is 24.3 Å². The smallest absolute Gasteiger partial charge is 0.336 e. The first kappa shape index (κ1) is 24.8. The molecule has 1 aromatic heterocycles. The summed E-state index contributed by atoms with van der Waals surface area (Å²) in [4.78, 5) is 11.5. The lowest BCUT2D eigenvalue weighted by Crippen LogP contribution is -2.29. The van der Waals surface area contributed by atoms with Gasteiger partial charge in [0.05, 0.1) is 33.9 Å². The number of nitrogens with one attached hydrogen (secondary N) is 1. The third-order valence-corrected chi connectivity index (χ3v) is 8.01. The molecule has 0 radical (unpaired) electrons. The van der Waals surface area contributed by atoms with Crippen molar-refractivity contribution in [1.29, 1.82) is 0 Å². The molecule has 0 spiro atoms. The van der Waals surface area contributed by atoms with Crippen molar-refractivity contribution in [3.8, 4) is 0 Å². The van der Waals surface area contributed by atoms with E-state index in [2.05, 4.69) is 4.72 Å². The average molecular weight is 563 g/mol. The van der Waals surface area contributed by atoms with E-state index in [0.29, 0.717) is 38.3 Å². The molecule has 36 heavy (non-hydrogen) atoms. The second-order valence-electron chi connectivity index (χ2n) is 8.12. The maximum absolute atomic E-state index is 13.2. The summed E-state index contributed by atoms with van der Waals surface area (Å²) in [6.07, 6.45) is 0.452. The van der Waals surface area contributed by atoms with Gasteiger partial charge in [-0.2, -0.15) is 5.10 Å². The zero-order valence-electron chi connectivity index (χ0n) is 18.5. The maximum Gasteiger partial charge on any atom is 0.336 e. The van der Waals surface area contributed by atoms with Crippen molar-refractivity contribution in [1.82, 2.24) is 4.72 Å². The van der Waals surface area contributed by atoms with Crippen LogP contribution >= 0.6 is 34.8 Å². The summed E-state index contributed by atoms with van der Waals surface area (Å²) in [6.45, 7) is -0.0265. The number of rotatable bonds is 6. The zero-order chi connectivity index (χ0) is 25.4. The van der Waals surface area contributed by atoms with E-state index in [1.807, 2.05) is 12.1 Å². The predicted molar refractivity (Wildman–Crippen MR) is 143 cm³/mol. The van der Waals surface area contributed by atoms with Crippen molar-refractivity contribution in [2.45, 2.75) is 17.4 Å². The predicted octanol–water partition coefficient (Wildman–Crippen LogP) is 6.04. The molecule has 184 valence electrons. The van der Waals surface area contributed by atoms with Crippen molar-refractivity contribution in [2.24, 2.45) is 5.10 Å². The standard InChI is InChI=1S/C25H18Cl3N3O4S/c26-16-6-4-15(5-7-16)22-13-18(30-31(22)21-10-8-17(27)12-20(21)28)14-29-36(33,34)24-3-1-2-23-19(24)9-11-25(32)35-23/h1-12,22,29H,13-14H2. The SMILES string of the molecule is O=c1ccc2c(S(=O)(=O)NCC3=NN(c4ccc(Cl)cc4Cl)C(c4ccc(Cl)cc4)C3)cccc2o1. The Balaban J connectivity index is 1.45. The number of halogens is 3. The highest BCUT2D eigenvalue weighted by Crippen LogP contribution is 2.39. The number of hydrogen-bond donors (Lipinski definition) is 1. The van der Waals surface area contributed by atoms with Crippen molar-refractivity contribution in [2.75, 3.05) is 11.6 Å². The molecule has 1 N–H and O–H groups in total. The third-order valence-electron chi connectivity index (χ3n) is 5.76. The maximum atomic E-state index is 13.2. The van der Waals surface area contributed by atoms with Crippen LogP contribution in [-0.4, -0.2) is 20.7 Å². The topological polar surface area (TPSA) is 92.0 Å². The van der Waals surface area contributed by atoms with Gasteiger partial charge in [-0.3, -0.25) is 5.01 Å². The molecular weight excluding hydrogens is 545 g/mol. The number of hydrogen-bond acceptors (Lipinski definition) is 6. The first-order valence-corrected chi connectivity index (χ1v) is 13.4. The largest absolute Gasteiger partial charge is 0.423 e. The summed E-state index contributed by atoms with van der Waals surface area (Å²) in [5.41, 5.74) is 1.82. The van der Waals surface area contributed by atoms with Crippen LogP contribution in [0, 0.1) is 0 Å². The van der Waals surface area contributed by atoms with Crippen molar-refractivity contribution in [3.63, 3.8) is 0 Å². The fourth-order valence-electron chi connectivity index (χ4n) is 4.07. The summed E-state index contributed by atoms with van der Waals surface area (Å²) in [7, 11) is -3.94. The molecule has 5 rings (SSSR count). The van der Waals surface area contributed by atoms with Gasteiger partial charge in [-0.05, 0) is 54.1 Å². The Bertz CT molecular complexity index is 1650. The van der Waals surface area contributed by atoms with Gasteiger partial charge in [0.25, 0.3) is 0 Å². The zero-order valence-corrected chi connectivity index (χ0v) is 21.6. The normalized spacial score (nSPS) is 15.9. The van der Waals surface area contributed by atoms with Crippen LogP contribution in [0.4, 0.5) is 5.69 Å². The summed E-state index contributed by atoms with van der Waals surface area (Å²) >= 11 is 18.6. The lowest BCUT2D eigenvalue weighted by molar-refractivity contribution is 0.559. The van der Waals surface area contributed by atoms with Gasteiger partial charge in [0.1, 0.15) is 5.58 Å². The Labute approximate surface area is 221 Å². The van der Waals surface area contributed by atoms with Gasteiger partial charge in [0.2, 0.25) is 10.0 Å². The van der Waals surface area contributed by atoms with Crippen LogP contribution in [0.25, 0.3) is 11.0 Å². The molecule has 0 aliphatic carbocycles. The quantitative estimate of drug-likeness (QED) is 0.289. The number of benzene rings is 3. The van der Waals surface area contributed by atoms with Gasteiger partial charge in [0, 0.05) is 27.9 Å². The van der Waals surface area contributed by atoms with Gasteiger partial charge in [-0.1, -0.05) is 53.0 Å². The lowest BCUT2D eigenvalue weighted by atomic mass is 10.0. The van der Waals surface area contributed by atoms with E-state index in [1.54, 1.807) is 41.4 Å². The minimum absolute atomic E-state index is 0.00852.